The number of carbonyl (C=O) groups excluding carboxylic acids is 1. The Kier molecular flexibility index (Phi) is 2.44. The number of nitrogens with two attached hydrogens (primary N) is 1. The Balaban J connectivity index is 2.39. The monoisotopic (exact) mass is 141 g/mol. The van der Waals surface area contributed by atoms with Gasteiger partial charge in [-0.3, -0.25) is 0 Å². The first-order valence-electron chi connectivity index (χ1n) is 3.99. The Morgan fingerprint density at radius 1 is 1.30 bits per heavy atom. The van der Waals surface area contributed by atoms with Gasteiger partial charge in [0.1, 0.15) is 6.29 Å². The number of hydrogen-bond acceptors (Lipinski definition) is 2. The third-order valence-electron chi connectivity index (χ3n) is 2.34. The van der Waals surface area contributed by atoms with Gasteiger partial charge in [-0.1, -0.05) is 19.3 Å². The second kappa shape index (κ2) is 3.15. The summed E-state index contributed by atoms with van der Waals surface area (Å²) in [7, 11) is 0. The van der Waals surface area contributed by atoms with Crippen LogP contribution in [0.5, 0.6) is 0 Å². The quantitative estimate of drug-likeness (QED) is 0.588. The minimum absolute atomic E-state index is 0.139. The van der Waals surface area contributed by atoms with E-state index in [0.717, 1.165) is 19.1 Å². The molecule has 0 aromatic carbocycles. The molecule has 1 aliphatic carbocycles. The molecule has 0 unspecified atom stereocenters. The van der Waals surface area contributed by atoms with Crippen molar-refractivity contribution in [1.29, 1.82) is 0 Å². The van der Waals surface area contributed by atoms with Crippen LogP contribution >= 0.6 is 0 Å². The van der Waals surface area contributed by atoms with Crippen molar-refractivity contribution in [2.24, 2.45) is 5.73 Å². The largest absolute Gasteiger partial charge is 0.325 e. The highest BCUT2D eigenvalue weighted by Gasteiger charge is 2.26. The van der Waals surface area contributed by atoms with Gasteiger partial charge < -0.3 is 10.5 Å². The summed E-state index contributed by atoms with van der Waals surface area (Å²) in [5.74, 6) is 0. The van der Waals surface area contributed by atoms with E-state index in [1.54, 1.807) is 0 Å². The molecule has 0 aromatic rings. The standard InChI is InChI=1S/C8H15NO/c9-8(6-7-10)4-2-1-3-5-8/h7H,1-6,9H2. The Bertz CT molecular complexity index is 116. The molecule has 0 heterocycles. The van der Waals surface area contributed by atoms with Crippen LogP contribution in [0, 0.1) is 0 Å². The maximum absolute atomic E-state index is 10.2. The van der Waals surface area contributed by atoms with Gasteiger partial charge in [0.05, 0.1) is 0 Å². The van der Waals surface area contributed by atoms with E-state index in [1.165, 1.54) is 19.3 Å². The van der Waals surface area contributed by atoms with Gasteiger partial charge >= 0.3 is 0 Å². The number of hydrogen-bond donors (Lipinski definition) is 1. The van der Waals surface area contributed by atoms with E-state index in [-0.39, 0.29) is 5.54 Å². The Morgan fingerprint density at radius 3 is 2.40 bits per heavy atom. The molecule has 0 spiro atoms. The normalized spacial score (nSPS) is 24.1. The predicted molar refractivity (Wildman–Crippen MR) is 40.7 cm³/mol. The molecule has 10 heavy (non-hydrogen) atoms. The lowest BCUT2D eigenvalue weighted by Gasteiger charge is -2.31. The Morgan fingerprint density at radius 2 is 1.90 bits per heavy atom. The third kappa shape index (κ3) is 1.81. The van der Waals surface area contributed by atoms with Crippen molar-refractivity contribution >= 4 is 6.29 Å². The van der Waals surface area contributed by atoms with Gasteiger partial charge in [0.25, 0.3) is 0 Å². The van der Waals surface area contributed by atoms with Gasteiger partial charge in [-0.05, 0) is 12.8 Å². The van der Waals surface area contributed by atoms with Crippen molar-refractivity contribution in [3.05, 3.63) is 0 Å². The van der Waals surface area contributed by atoms with Gasteiger partial charge in [-0.15, -0.1) is 0 Å². The van der Waals surface area contributed by atoms with E-state index in [9.17, 15) is 4.79 Å². The SMILES string of the molecule is NC1(CC=O)CCCCC1. The zero-order valence-electron chi connectivity index (χ0n) is 6.31. The van der Waals surface area contributed by atoms with Gasteiger partial charge in [-0.25, -0.2) is 0 Å². The van der Waals surface area contributed by atoms with Gasteiger partial charge in [-0.2, -0.15) is 0 Å². The van der Waals surface area contributed by atoms with Crippen LogP contribution in [-0.2, 0) is 4.79 Å². The zero-order valence-corrected chi connectivity index (χ0v) is 6.31. The minimum Gasteiger partial charge on any atom is -0.325 e. The lowest BCUT2D eigenvalue weighted by atomic mass is 9.81. The summed E-state index contributed by atoms with van der Waals surface area (Å²) in [6, 6.07) is 0. The van der Waals surface area contributed by atoms with Crippen molar-refractivity contribution in [3.63, 3.8) is 0 Å². The molecule has 2 heteroatoms. The maximum atomic E-state index is 10.2. The topological polar surface area (TPSA) is 43.1 Å². The first kappa shape index (κ1) is 7.73. The molecule has 0 amide bonds. The molecular formula is C8H15NO. The molecule has 2 N–H and O–H groups in total. The third-order valence-corrected chi connectivity index (χ3v) is 2.34. The first-order chi connectivity index (χ1) is 4.77. The molecule has 1 aliphatic rings. The lowest BCUT2D eigenvalue weighted by molar-refractivity contribution is -0.109. The van der Waals surface area contributed by atoms with Crippen LogP contribution in [-0.4, -0.2) is 11.8 Å². The van der Waals surface area contributed by atoms with Gasteiger partial charge in [0, 0.05) is 12.0 Å². The fourth-order valence-electron chi connectivity index (χ4n) is 1.63. The molecule has 0 bridgehead atoms. The summed E-state index contributed by atoms with van der Waals surface area (Å²) in [4.78, 5) is 10.2. The molecule has 1 fully saturated rings. The predicted octanol–water partition coefficient (Wildman–Crippen LogP) is 1.24. The second-order valence-electron chi connectivity index (χ2n) is 3.29. The maximum Gasteiger partial charge on any atom is 0.121 e. The van der Waals surface area contributed by atoms with Crippen LogP contribution in [0.25, 0.3) is 0 Å². The van der Waals surface area contributed by atoms with E-state index in [0.29, 0.717) is 6.42 Å². The van der Waals surface area contributed by atoms with Crippen LogP contribution in [0.2, 0.25) is 0 Å². The first-order valence-corrected chi connectivity index (χ1v) is 3.99. The van der Waals surface area contributed by atoms with Crippen LogP contribution in [0.3, 0.4) is 0 Å². The van der Waals surface area contributed by atoms with E-state index < -0.39 is 0 Å². The average molecular weight is 141 g/mol. The summed E-state index contributed by atoms with van der Waals surface area (Å²) in [5.41, 5.74) is 5.80. The van der Waals surface area contributed by atoms with Crippen LogP contribution in [0.1, 0.15) is 38.5 Å². The summed E-state index contributed by atoms with van der Waals surface area (Å²) in [5, 5.41) is 0. The molecular weight excluding hydrogens is 126 g/mol. The van der Waals surface area contributed by atoms with Crippen molar-refractivity contribution in [1.82, 2.24) is 0 Å². The highest BCUT2D eigenvalue weighted by Crippen LogP contribution is 2.27. The van der Waals surface area contributed by atoms with Gasteiger partial charge in [0.2, 0.25) is 0 Å². The van der Waals surface area contributed by atoms with Crippen LogP contribution in [0.15, 0.2) is 0 Å². The average Bonchev–Trinajstić information content (AvgIpc) is 1.89. The molecule has 2 nitrogen and oxygen atoms in total. The second-order valence-corrected chi connectivity index (χ2v) is 3.29. The fourth-order valence-corrected chi connectivity index (χ4v) is 1.63. The Hall–Kier alpha value is -0.370. The zero-order chi connectivity index (χ0) is 7.45. The molecule has 1 saturated carbocycles. The highest BCUT2D eigenvalue weighted by atomic mass is 16.1. The summed E-state index contributed by atoms with van der Waals surface area (Å²) >= 11 is 0. The number of carbonyl (C=O) groups is 1. The van der Waals surface area contributed by atoms with Crippen molar-refractivity contribution in [2.45, 2.75) is 44.1 Å². The minimum atomic E-state index is -0.139. The smallest absolute Gasteiger partial charge is 0.121 e. The highest BCUT2D eigenvalue weighted by molar-refractivity contribution is 5.51. The lowest BCUT2D eigenvalue weighted by Crippen LogP contribution is -2.41. The fraction of sp³-hybridized carbons (Fsp3) is 0.875. The number of rotatable bonds is 2. The molecule has 0 aromatic heterocycles. The molecule has 0 atom stereocenters. The van der Waals surface area contributed by atoms with E-state index in [2.05, 4.69) is 0 Å². The van der Waals surface area contributed by atoms with Crippen molar-refractivity contribution < 1.29 is 4.79 Å². The summed E-state index contributed by atoms with van der Waals surface area (Å²) in [6.07, 6.45) is 7.25. The molecule has 0 saturated heterocycles. The summed E-state index contributed by atoms with van der Waals surface area (Å²) < 4.78 is 0. The molecule has 0 aliphatic heterocycles. The van der Waals surface area contributed by atoms with Crippen LogP contribution < -0.4 is 5.73 Å². The van der Waals surface area contributed by atoms with E-state index in [1.807, 2.05) is 0 Å². The van der Waals surface area contributed by atoms with E-state index in [4.69, 9.17) is 5.73 Å². The van der Waals surface area contributed by atoms with Gasteiger partial charge in [0.15, 0.2) is 0 Å². The summed E-state index contributed by atoms with van der Waals surface area (Å²) in [6.45, 7) is 0. The van der Waals surface area contributed by atoms with Crippen LogP contribution in [0.4, 0.5) is 0 Å². The number of aldehydes is 1. The Labute approximate surface area is 61.8 Å². The van der Waals surface area contributed by atoms with Crippen molar-refractivity contribution in [2.75, 3.05) is 0 Å². The molecule has 58 valence electrons. The van der Waals surface area contributed by atoms with Crippen molar-refractivity contribution in [3.8, 4) is 0 Å². The molecule has 0 radical (unpaired) electrons. The van der Waals surface area contributed by atoms with E-state index >= 15 is 0 Å². The molecule has 1 rings (SSSR count).